The molecule has 0 spiro atoms. The third-order valence-electron chi connectivity index (χ3n) is 19.7. The molecule has 0 aliphatic carbocycles. The summed E-state index contributed by atoms with van der Waals surface area (Å²) in [5.74, 6) is -0.773. The number of unbranched alkanes of at least 4 members (excludes halogenated alkanes) is 56. The largest absolute Gasteiger partial charge is 0.472 e. The number of nitrogens with zero attached hydrogens (tertiary/aromatic N) is 1. The Kier molecular flexibility index (Phi) is 78.5. The van der Waals surface area contributed by atoms with Gasteiger partial charge in [-0.05, 0) is 83.5 Å². The minimum Gasteiger partial charge on any atom is -0.462 e. The average molecular weight is 1420 g/mol. The minimum atomic E-state index is -4.40. The van der Waals surface area contributed by atoms with E-state index in [1.807, 2.05) is 21.1 Å². The summed E-state index contributed by atoms with van der Waals surface area (Å²) < 4.78 is 34.9. The Bertz CT molecular complexity index is 1920. The molecule has 100 heavy (non-hydrogen) atoms. The number of hydrogen-bond donors (Lipinski definition) is 1. The zero-order chi connectivity index (χ0) is 72.5. The fraction of sp³-hybridized carbons (Fsp3) is 0.844. The minimum absolute atomic E-state index is 0.0338. The summed E-state index contributed by atoms with van der Waals surface area (Å²) in [6, 6.07) is 0. The highest BCUT2D eigenvalue weighted by atomic mass is 31.2. The molecule has 0 bridgehead atoms. The molecule has 9 nitrogen and oxygen atoms in total. The predicted molar refractivity (Wildman–Crippen MR) is 436 cm³/mol. The zero-order valence-corrected chi connectivity index (χ0v) is 68.1. The van der Waals surface area contributed by atoms with Crippen LogP contribution in [0.25, 0.3) is 0 Å². The van der Waals surface area contributed by atoms with Gasteiger partial charge in [-0.25, -0.2) is 4.57 Å². The van der Waals surface area contributed by atoms with Crippen molar-refractivity contribution in [1.82, 2.24) is 0 Å². The number of hydrogen-bond acceptors (Lipinski definition) is 7. The molecule has 0 amide bonds. The molecular formula is C90H169NO8P+. The maximum atomic E-state index is 12.9. The van der Waals surface area contributed by atoms with Crippen LogP contribution in [0.2, 0.25) is 0 Å². The van der Waals surface area contributed by atoms with Crippen molar-refractivity contribution >= 4 is 19.8 Å². The van der Waals surface area contributed by atoms with E-state index >= 15 is 0 Å². The highest BCUT2D eigenvalue weighted by Gasteiger charge is 2.27. The second-order valence-corrected chi connectivity index (χ2v) is 32.4. The summed E-state index contributed by atoms with van der Waals surface area (Å²) in [6.45, 7) is 4.39. The first kappa shape index (κ1) is 97.4. The molecule has 0 saturated heterocycles. The molecule has 10 heteroatoms. The molecule has 2 unspecified atom stereocenters. The number of ether oxygens (including phenoxy) is 2. The number of quaternary nitrogens is 1. The van der Waals surface area contributed by atoms with E-state index in [4.69, 9.17) is 18.5 Å². The first-order valence-corrected chi connectivity index (χ1v) is 45.2. The summed E-state index contributed by atoms with van der Waals surface area (Å²) in [5, 5.41) is 0. The Labute approximate surface area is 622 Å². The number of phosphoric acid groups is 1. The van der Waals surface area contributed by atoms with E-state index in [9.17, 15) is 19.0 Å². The van der Waals surface area contributed by atoms with E-state index < -0.39 is 26.5 Å². The van der Waals surface area contributed by atoms with Gasteiger partial charge in [0.05, 0.1) is 27.7 Å². The van der Waals surface area contributed by atoms with Gasteiger partial charge in [0.25, 0.3) is 0 Å². The van der Waals surface area contributed by atoms with E-state index in [0.717, 1.165) is 64.2 Å². The quantitative estimate of drug-likeness (QED) is 0.0211. The lowest BCUT2D eigenvalue weighted by Crippen LogP contribution is -2.37. The SMILES string of the molecule is CC/C=C\C/C=C\C/C=C\C/C=C\C/C=C\CCCCCCCCCCCCCCCCCCCCCCCC(=O)OC(COC(=O)CCCCCCCCCCCCCCCCCCCCCCCCCCCCC/C=C\CCCCCCCCCC)COP(=O)(O)OCC[N+](C)(C)C. The lowest BCUT2D eigenvalue weighted by Gasteiger charge is -2.24. The van der Waals surface area contributed by atoms with Crippen LogP contribution in [0.4, 0.5) is 0 Å². The van der Waals surface area contributed by atoms with Crippen molar-refractivity contribution in [2.45, 2.75) is 444 Å². The number of phosphoric ester groups is 1. The number of carbonyl (C=O) groups excluding carboxylic acids is 2. The number of carbonyl (C=O) groups is 2. The summed E-state index contributed by atoms with van der Waals surface area (Å²) in [7, 11) is 1.50. The first-order valence-electron chi connectivity index (χ1n) is 43.7. The maximum Gasteiger partial charge on any atom is 0.472 e. The zero-order valence-electron chi connectivity index (χ0n) is 67.2. The molecule has 1 N–H and O–H groups in total. The molecule has 0 radical (unpaired) electrons. The van der Waals surface area contributed by atoms with E-state index in [0.29, 0.717) is 23.9 Å². The van der Waals surface area contributed by atoms with Crippen LogP contribution >= 0.6 is 7.82 Å². The standard InChI is InChI=1S/C90H168NO8P/c1-6-8-10-12-14-16-18-20-22-24-26-28-30-32-34-36-38-40-42-44-45-47-48-50-52-54-56-58-60-62-64-66-68-70-72-74-76-78-80-82-89(92)96-86-88(87-98-100(94,95)97-85-84-91(3,4)5)99-90(93)83-81-79-77-75-73-71-69-67-65-63-61-59-57-55-53-51-49-46-43-41-39-37-35-33-31-29-27-25-23-21-19-17-15-13-11-9-7-2/h9,11,15,17,21,23-24,26-27,29,33,35,88H,6-8,10,12-14,16,18-20,22,25,28,30-32,34,36-87H2,1-5H3/p+1/b11-9-,17-15-,23-21-,26-24-,29-27-,35-33-. The van der Waals surface area contributed by atoms with Gasteiger partial charge >= 0.3 is 19.8 Å². The monoisotopic (exact) mass is 1420 g/mol. The maximum absolute atomic E-state index is 12.9. The lowest BCUT2D eigenvalue weighted by atomic mass is 10.0. The Balaban J connectivity index is 3.86. The van der Waals surface area contributed by atoms with Gasteiger partial charge < -0.3 is 18.9 Å². The molecule has 0 aromatic carbocycles. The van der Waals surface area contributed by atoms with Crippen molar-refractivity contribution in [3.05, 3.63) is 72.9 Å². The second kappa shape index (κ2) is 80.5. The average Bonchev–Trinajstić information content (AvgIpc) is 1.02. The summed E-state index contributed by atoms with van der Waals surface area (Å²) in [5.41, 5.74) is 0. The number of allylic oxidation sites excluding steroid dienone is 12. The van der Waals surface area contributed by atoms with Crippen LogP contribution < -0.4 is 0 Å². The van der Waals surface area contributed by atoms with Crippen molar-refractivity contribution in [2.24, 2.45) is 0 Å². The van der Waals surface area contributed by atoms with Crippen molar-refractivity contribution in [3.8, 4) is 0 Å². The normalized spacial score (nSPS) is 13.3. The topological polar surface area (TPSA) is 108 Å². The Morgan fingerprint density at radius 3 is 0.860 bits per heavy atom. The second-order valence-electron chi connectivity index (χ2n) is 30.9. The van der Waals surface area contributed by atoms with E-state index in [1.165, 1.54) is 340 Å². The Hall–Kier alpha value is -2.55. The molecule has 0 fully saturated rings. The van der Waals surface area contributed by atoms with Crippen LogP contribution in [-0.2, 0) is 32.7 Å². The Morgan fingerprint density at radius 1 is 0.320 bits per heavy atom. The fourth-order valence-electron chi connectivity index (χ4n) is 13.1. The van der Waals surface area contributed by atoms with Gasteiger partial charge in [0.1, 0.15) is 19.8 Å². The highest BCUT2D eigenvalue weighted by molar-refractivity contribution is 7.47. The Morgan fingerprint density at radius 2 is 0.570 bits per heavy atom. The third-order valence-corrected chi connectivity index (χ3v) is 20.7. The fourth-order valence-corrected chi connectivity index (χ4v) is 13.8. The van der Waals surface area contributed by atoms with Gasteiger partial charge in [-0.15, -0.1) is 0 Å². The van der Waals surface area contributed by atoms with Gasteiger partial charge in [-0.3, -0.25) is 18.6 Å². The van der Waals surface area contributed by atoms with Gasteiger partial charge in [-0.1, -0.05) is 414 Å². The summed E-state index contributed by atoms with van der Waals surface area (Å²) in [4.78, 5) is 36.0. The molecule has 586 valence electrons. The van der Waals surface area contributed by atoms with Crippen LogP contribution in [-0.4, -0.2) is 74.9 Å². The van der Waals surface area contributed by atoms with Crippen molar-refractivity contribution < 1.29 is 42.1 Å². The van der Waals surface area contributed by atoms with Gasteiger partial charge in [0, 0.05) is 12.8 Å². The summed E-state index contributed by atoms with van der Waals surface area (Å²) in [6.07, 6.45) is 111. The molecule has 0 rings (SSSR count). The molecule has 0 saturated carbocycles. The molecule has 0 aliphatic rings. The molecule has 0 aromatic rings. The van der Waals surface area contributed by atoms with Crippen LogP contribution in [0.15, 0.2) is 72.9 Å². The smallest absolute Gasteiger partial charge is 0.462 e. The molecular weight excluding hydrogens is 1250 g/mol. The molecule has 2 atom stereocenters. The van der Waals surface area contributed by atoms with Crippen LogP contribution in [0.3, 0.4) is 0 Å². The lowest BCUT2D eigenvalue weighted by molar-refractivity contribution is -0.870. The number of esters is 2. The molecule has 0 aliphatic heterocycles. The number of likely N-dealkylation sites (N-methyl/N-ethyl adjacent to an activating group) is 1. The summed E-state index contributed by atoms with van der Waals surface area (Å²) >= 11 is 0. The first-order chi connectivity index (χ1) is 49.0. The highest BCUT2D eigenvalue weighted by Crippen LogP contribution is 2.43. The van der Waals surface area contributed by atoms with E-state index in [1.54, 1.807) is 0 Å². The van der Waals surface area contributed by atoms with Gasteiger partial charge in [0.15, 0.2) is 6.10 Å². The van der Waals surface area contributed by atoms with E-state index in [2.05, 4.69) is 86.8 Å². The van der Waals surface area contributed by atoms with Crippen LogP contribution in [0.5, 0.6) is 0 Å². The van der Waals surface area contributed by atoms with Crippen LogP contribution in [0.1, 0.15) is 438 Å². The molecule has 0 heterocycles. The van der Waals surface area contributed by atoms with Crippen molar-refractivity contribution in [1.29, 1.82) is 0 Å². The third kappa shape index (κ3) is 84.4. The van der Waals surface area contributed by atoms with Gasteiger partial charge in [0.2, 0.25) is 0 Å². The van der Waals surface area contributed by atoms with Crippen LogP contribution in [0, 0.1) is 0 Å². The molecule has 0 aromatic heterocycles. The predicted octanol–water partition coefficient (Wildman–Crippen LogP) is 29.4. The van der Waals surface area contributed by atoms with E-state index in [-0.39, 0.29) is 25.6 Å². The van der Waals surface area contributed by atoms with Gasteiger partial charge in [-0.2, -0.15) is 0 Å². The number of rotatable bonds is 82. The van der Waals surface area contributed by atoms with Crippen molar-refractivity contribution in [3.63, 3.8) is 0 Å². The van der Waals surface area contributed by atoms with Crippen molar-refractivity contribution in [2.75, 3.05) is 47.5 Å².